The molecule has 3 rings (SSSR count). The van der Waals surface area contributed by atoms with E-state index in [-0.39, 0.29) is 0 Å². The Bertz CT molecular complexity index is 824. The highest BCUT2D eigenvalue weighted by Crippen LogP contribution is 2.06. The molecular formula is C22H27N5. The Kier molecular flexibility index (Phi) is 7.04. The molecule has 0 saturated carbocycles. The van der Waals surface area contributed by atoms with Crippen LogP contribution in [0.1, 0.15) is 23.4 Å². The summed E-state index contributed by atoms with van der Waals surface area (Å²) in [5.41, 5.74) is 8.63. The molecule has 0 aliphatic heterocycles. The second-order valence-electron chi connectivity index (χ2n) is 6.49. The molecule has 0 fully saturated rings. The van der Waals surface area contributed by atoms with E-state index in [9.17, 15) is 0 Å². The SMILES string of the molecule is NC(=NCc1nccn1CCCc1ccccc1)NCCc1ccccc1. The minimum atomic E-state index is 0.463. The molecule has 3 N–H and O–H groups in total. The average Bonchev–Trinajstić information content (AvgIpc) is 3.15. The lowest BCUT2D eigenvalue weighted by molar-refractivity contribution is 0.611. The van der Waals surface area contributed by atoms with Gasteiger partial charge in [-0.1, -0.05) is 60.7 Å². The molecule has 0 atom stereocenters. The number of aryl methyl sites for hydroxylation is 2. The van der Waals surface area contributed by atoms with Gasteiger partial charge in [0.15, 0.2) is 5.96 Å². The number of aromatic nitrogens is 2. The van der Waals surface area contributed by atoms with E-state index in [0.717, 1.165) is 38.2 Å². The summed E-state index contributed by atoms with van der Waals surface area (Å²) in [7, 11) is 0. The van der Waals surface area contributed by atoms with Gasteiger partial charge in [-0.3, -0.25) is 0 Å². The quantitative estimate of drug-likeness (QED) is 0.454. The maximum absolute atomic E-state index is 5.98. The minimum absolute atomic E-state index is 0.463. The van der Waals surface area contributed by atoms with Crippen LogP contribution in [0, 0.1) is 0 Å². The number of benzene rings is 2. The molecule has 0 aliphatic carbocycles. The van der Waals surface area contributed by atoms with E-state index < -0.39 is 0 Å². The van der Waals surface area contributed by atoms with Crippen LogP contribution in [0.4, 0.5) is 0 Å². The first kappa shape index (κ1) is 18.7. The Morgan fingerprint density at radius 1 is 0.963 bits per heavy atom. The molecule has 2 aromatic carbocycles. The van der Waals surface area contributed by atoms with Crippen LogP contribution in [-0.2, 0) is 25.9 Å². The lowest BCUT2D eigenvalue weighted by atomic mass is 10.1. The van der Waals surface area contributed by atoms with Crippen molar-refractivity contribution >= 4 is 5.96 Å². The highest BCUT2D eigenvalue weighted by molar-refractivity contribution is 5.77. The van der Waals surface area contributed by atoms with Gasteiger partial charge in [-0.15, -0.1) is 0 Å². The summed E-state index contributed by atoms with van der Waals surface area (Å²) < 4.78 is 2.16. The molecule has 0 bridgehead atoms. The normalized spacial score (nSPS) is 11.5. The lowest BCUT2D eigenvalue weighted by Crippen LogP contribution is -2.33. The minimum Gasteiger partial charge on any atom is -0.370 e. The van der Waals surface area contributed by atoms with E-state index in [0.29, 0.717) is 12.5 Å². The van der Waals surface area contributed by atoms with E-state index in [1.807, 2.05) is 36.7 Å². The summed E-state index contributed by atoms with van der Waals surface area (Å²) in [6.45, 7) is 2.19. The summed E-state index contributed by atoms with van der Waals surface area (Å²) in [5.74, 6) is 1.40. The van der Waals surface area contributed by atoms with Crippen LogP contribution in [-0.4, -0.2) is 22.1 Å². The first-order valence-corrected chi connectivity index (χ1v) is 9.43. The zero-order chi connectivity index (χ0) is 18.7. The Balaban J connectivity index is 1.42. The Labute approximate surface area is 161 Å². The van der Waals surface area contributed by atoms with Gasteiger partial charge in [-0.05, 0) is 30.4 Å². The molecule has 1 heterocycles. The topological polar surface area (TPSA) is 68.2 Å². The zero-order valence-corrected chi connectivity index (χ0v) is 15.6. The molecule has 0 spiro atoms. The predicted molar refractivity (Wildman–Crippen MR) is 110 cm³/mol. The molecule has 5 nitrogen and oxygen atoms in total. The lowest BCUT2D eigenvalue weighted by Gasteiger charge is -2.08. The van der Waals surface area contributed by atoms with Crippen molar-refractivity contribution in [1.82, 2.24) is 14.9 Å². The molecule has 0 amide bonds. The monoisotopic (exact) mass is 361 g/mol. The molecule has 1 aromatic heterocycles. The molecule has 5 heteroatoms. The summed E-state index contributed by atoms with van der Waals surface area (Å²) in [4.78, 5) is 8.84. The highest BCUT2D eigenvalue weighted by atomic mass is 15.1. The number of aliphatic imine (C=N–C) groups is 1. The van der Waals surface area contributed by atoms with Crippen LogP contribution in [0.25, 0.3) is 0 Å². The summed E-state index contributed by atoms with van der Waals surface area (Å²) in [6.07, 6.45) is 6.89. The van der Waals surface area contributed by atoms with Gasteiger partial charge in [0, 0.05) is 25.5 Å². The molecule has 3 aromatic rings. The maximum atomic E-state index is 5.98. The van der Waals surface area contributed by atoms with E-state index in [1.165, 1.54) is 11.1 Å². The summed E-state index contributed by atoms with van der Waals surface area (Å²) in [6, 6.07) is 20.9. The van der Waals surface area contributed by atoms with E-state index >= 15 is 0 Å². The molecule has 27 heavy (non-hydrogen) atoms. The van der Waals surface area contributed by atoms with Gasteiger partial charge in [0.2, 0.25) is 0 Å². The number of rotatable bonds is 9. The van der Waals surface area contributed by atoms with Gasteiger partial charge >= 0.3 is 0 Å². The molecular weight excluding hydrogens is 334 g/mol. The fourth-order valence-corrected chi connectivity index (χ4v) is 2.98. The van der Waals surface area contributed by atoms with Crippen molar-refractivity contribution in [3.63, 3.8) is 0 Å². The Morgan fingerprint density at radius 3 is 2.33 bits per heavy atom. The number of hydrogen-bond acceptors (Lipinski definition) is 2. The van der Waals surface area contributed by atoms with Gasteiger partial charge in [-0.25, -0.2) is 9.98 Å². The molecule has 0 radical (unpaired) electrons. The van der Waals surface area contributed by atoms with Crippen molar-refractivity contribution in [3.8, 4) is 0 Å². The van der Waals surface area contributed by atoms with Crippen molar-refractivity contribution in [3.05, 3.63) is 90.0 Å². The highest BCUT2D eigenvalue weighted by Gasteiger charge is 2.03. The summed E-state index contributed by atoms with van der Waals surface area (Å²) >= 11 is 0. The van der Waals surface area contributed by atoms with Gasteiger partial charge in [-0.2, -0.15) is 0 Å². The van der Waals surface area contributed by atoms with Crippen LogP contribution in [0.3, 0.4) is 0 Å². The van der Waals surface area contributed by atoms with Crippen molar-refractivity contribution in [2.24, 2.45) is 10.7 Å². The fraction of sp³-hybridized carbons (Fsp3) is 0.273. The fourth-order valence-electron chi connectivity index (χ4n) is 2.98. The molecule has 0 unspecified atom stereocenters. The predicted octanol–water partition coefficient (Wildman–Crippen LogP) is 3.16. The van der Waals surface area contributed by atoms with Crippen LogP contribution in [0.2, 0.25) is 0 Å². The average molecular weight is 361 g/mol. The number of hydrogen-bond donors (Lipinski definition) is 2. The van der Waals surface area contributed by atoms with Crippen LogP contribution >= 0.6 is 0 Å². The van der Waals surface area contributed by atoms with Crippen LogP contribution in [0.15, 0.2) is 78.0 Å². The van der Waals surface area contributed by atoms with Crippen LogP contribution < -0.4 is 11.1 Å². The first-order valence-electron chi connectivity index (χ1n) is 9.43. The standard InChI is InChI=1S/C22H27N5/c23-22(25-14-13-20-10-5-2-6-11-20)26-18-21-24-15-17-27(21)16-7-12-19-8-3-1-4-9-19/h1-6,8-11,15,17H,7,12-14,16,18H2,(H3,23,25,26). The third-order valence-electron chi connectivity index (χ3n) is 4.46. The number of nitrogens with zero attached hydrogens (tertiary/aromatic N) is 3. The number of nitrogens with two attached hydrogens (primary N) is 1. The second kappa shape index (κ2) is 10.2. The third-order valence-corrected chi connectivity index (χ3v) is 4.46. The Hall–Kier alpha value is -3.08. The van der Waals surface area contributed by atoms with Gasteiger partial charge < -0.3 is 15.6 Å². The largest absolute Gasteiger partial charge is 0.370 e. The first-order chi connectivity index (χ1) is 13.3. The molecule has 0 saturated heterocycles. The van der Waals surface area contributed by atoms with Crippen molar-refractivity contribution in [1.29, 1.82) is 0 Å². The number of guanidine groups is 1. The van der Waals surface area contributed by atoms with Crippen molar-refractivity contribution in [2.45, 2.75) is 32.4 Å². The van der Waals surface area contributed by atoms with Crippen molar-refractivity contribution in [2.75, 3.05) is 6.54 Å². The number of imidazole rings is 1. The van der Waals surface area contributed by atoms with Gasteiger partial charge in [0.25, 0.3) is 0 Å². The van der Waals surface area contributed by atoms with Gasteiger partial charge in [0.05, 0.1) is 0 Å². The number of nitrogens with one attached hydrogen (secondary N) is 1. The molecule has 140 valence electrons. The smallest absolute Gasteiger partial charge is 0.189 e. The third kappa shape index (κ3) is 6.29. The second-order valence-corrected chi connectivity index (χ2v) is 6.49. The Morgan fingerprint density at radius 2 is 1.63 bits per heavy atom. The maximum Gasteiger partial charge on any atom is 0.189 e. The zero-order valence-electron chi connectivity index (χ0n) is 15.6. The van der Waals surface area contributed by atoms with Gasteiger partial charge in [0.1, 0.15) is 12.4 Å². The van der Waals surface area contributed by atoms with E-state index in [2.05, 4.69) is 56.3 Å². The van der Waals surface area contributed by atoms with E-state index in [1.54, 1.807) is 0 Å². The van der Waals surface area contributed by atoms with E-state index in [4.69, 9.17) is 5.73 Å². The summed E-state index contributed by atoms with van der Waals surface area (Å²) in [5, 5.41) is 3.17. The molecule has 0 aliphatic rings. The van der Waals surface area contributed by atoms with Crippen molar-refractivity contribution < 1.29 is 0 Å². The van der Waals surface area contributed by atoms with Crippen LogP contribution in [0.5, 0.6) is 0 Å².